The number of hydrogen-bond donors (Lipinski definition) is 2. The van der Waals surface area contributed by atoms with Gasteiger partial charge in [0.2, 0.25) is 0 Å². The van der Waals surface area contributed by atoms with E-state index in [1.165, 1.54) is 0 Å². The van der Waals surface area contributed by atoms with Crippen molar-refractivity contribution < 1.29 is 14.2 Å². The molecule has 29 heavy (non-hydrogen) atoms. The topological polar surface area (TPSA) is 64.1 Å². The minimum absolute atomic E-state index is 0.186. The van der Waals surface area contributed by atoms with Crippen LogP contribution in [0.4, 0.5) is 0 Å². The number of terminal acetylenes is 1. The molecule has 2 aromatic carbocycles. The Morgan fingerprint density at radius 3 is 2.52 bits per heavy atom. The molecule has 0 aliphatic heterocycles. The molecule has 0 aromatic heterocycles. The largest absolute Gasteiger partial charge is 0.496 e. The van der Waals surface area contributed by atoms with Gasteiger partial charge in [-0.25, -0.2) is 4.99 Å². The van der Waals surface area contributed by atoms with Crippen molar-refractivity contribution in [1.82, 2.24) is 10.6 Å². The number of guanidine groups is 1. The lowest BCUT2D eigenvalue weighted by Gasteiger charge is -2.14. The standard InChI is InChI=1S/C23H29N3O3/c1-6-12-29-22-14-18(9-11-20(22)27-4)15-25-23(24-7-2)26-16-19-10-8-17(3)13-21(19)28-5/h1,8-11,13-14H,7,12,15-16H2,2-5H3,(H2,24,25,26). The summed E-state index contributed by atoms with van der Waals surface area (Å²) in [6.07, 6.45) is 5.28. The van der Waals surface area contributed by atoms with Crippen molar-refractivity contribution in [3.05, 3.63) is 53.1 Å². The molecular weight excluding hydrogens is 366 g/mol. The number of methoxy groups -OCH3 is 2. The lowest BCUT2D eigenvalue weighted by atomic mass is 10.1. The lowest BCUT2D eigenvalue weighted by Crippen LogP contribution is -2.36. The Kier molecular flexibility index (Phi) is 8.71. The lowest BCUT2D eigenvalue weighted by molar-refractivity contribution is 0.330. The maximum Gasteiger partial charge on any atom is 0.191 e. The average molecular weight is 396 g/mol. The van der Waals surface area contributed by atoms with E-state index in [9.17, 15) is 0 Å². The second-order valence-electron chi connectivity index (χ2n) is 6.34. The van der Waals surface area contributed by atoms with Crippen LogP contribution in [0.15, 0.2) is 41.4 Å². The molecule has 2 rings (SSSR count). The second kappa shape index (κ2) is 11.5. The minimum atomic E-state index is 0.186. The number of ether oxygens (including phenoxy) is 3. The molecule has 154 valence electrons. The molecule has 0 spiro atoms. The number of aryl methyl sites for hydroxylation is 1. The zero-order chi connectivity index (χ0) is 21.1. The Morgan fingerprint density at radius 2 is 1.83 bits per heavy atom. The first-order chi connectivity index (χ1) is 14.1. The van der Waals surface area contributed by atoms with Gasteiger partial charge < -0.3 is 24.8 Å². The van der Waals surface area contributed by atoms with E-state index in [0.717, 1.165) is 34.9 Å². The fourth-order valence-corrected chi connectivity index (χ4v) is 2.74. The molecule has 6 nitrogen and oxygen atoms in total. The van der Waals surface area contributed by atoms with Crippen molar-refractivity contribution in [2.45, 2.75) is 26.9 Å². The third-order valence-electron chi connectivity index (χ3n) is 4.19. The molecular formula is C23H29N3O3. The first kappa shape index (κ1) is 22.0. The minimum Gasteiger partial charge on any atom is -0.496 e. The van der Waals surface area contributed by atoms with Crippen LogP contribution in [0.3, 0.4) is 0 Å². The molecule has 0 amide bonds. The molecule has 2 N–H and O–H groups in total. The highest BCUT2D eigenvalue weighted by molar-refractivity contribution is 5.79. The molecule has 0 aliphatic carbocycles. The van der Waals surface area contributed by atoms with Gasteiger partial charge in [0.15, 0.2) is 17.5 Å². The average Bonchev–Trinajstić information content (AvgIpc) is 2.74. The van der Waals surface area contributed by atoms with Crippen molar-refractivity contribution in [2.24, 2.45) is 4.99 Å². The van der Waals surface area contributed by atoms with Crippen LogP contribution in [-0.2, 0) is 13.1 Å². The highest BCUT2D eigenvalue weighted by Gasteiger charge is 2.07. The van der Waals surface area contributed by atoms with E-state index < -0.39 is 0 Å². The summed E-state index contributed by atoms with van der Waals surface area (Å²) in [5, 5.41) is 6.61. The number of aliphatic imine (C=N–C) groups is 1. The van der Waals surface area contributed by atoms with E-state index in [4.69, 9.17) is 20.6 Å². The fourth-order valence-electron chi connectivity index (χ4n) is 2.74. The third-order valence-corrected chi connectivity index (χ3v) is 4.19. The van der Waals surface area contributed by atoms with E-state index in [0.29, 0.717) is 24.6 Å². The maximum atomic E-state index is 5.56. The van der Waals surface area contributed by atoms with Crippen LogP contribution in [0.25, 0.3) is 0 Å². The van der Waals surface area contributed by atoms with E-state index >= 15 is 0 Å². The molecule has 0 heterocycles. The van der Waals surface area contributed by atoms with Gasteiger partial charge in [0, 0.05) is 18.7 Å². The van der Waals surface area contributed by atoms with Gasteiger partial charge in [0.05, 0.1) is 20.8 Å². The van der Waals surface area contributed by atoms with Crippen LogP contribution >= 0.6 is 0 Å². The summed E-state index contributed by atoms with van der Waals surface area (Å²) < 4.78 is 16.3. The normalized spacial score (nSPS) is 10.8. The summed E-state index contributed by atoms with van der Waals surface area (Å²) in [5.74, 6) is 5.30. The highest BCUT2D eigenvalue weighted by atomic mass is 16.5. The molecule has 0 unspecified atom stereocenters. The van der Waals surface area contributed by atoms with Gasteiger partial charge >= 0.3 is 0 Å². The van der Waals surface area contributed by atoms with Crippen molar-refractivity contribution >= 4 is 5.96 Å². The van der Waals surface area contributed by atoms with E-state index in [1.807, 2.05) is 38.1 Å². The molecule has 0 saturated heterocycles. The van der Waals surface area contributed by atoms with Crippen molar-refractivity contribution in [3.63, 3.8) is 0 Å². The molecule has 0 bridgehead atoms. The Balaban J connectivity index is 2.10. The van der Waals surface area contributed by atoms with E-state index in [1.54, 1.807) is 14.2 Å². The highest BCUT2D eigenvalue weighted by Crippen LogP contribution is 2.28. The Labute approximate surface area is 173 Å². The quantitative estimate of drug-likeness (QED) is 0.388. The van der Waals surface area contributed by atoms with Crippen LogP contribution in [0.1, 0.15) is 23.6 Å². The Hall–Kier alpha value is -3.33. The van der Waals surface area contributed by atoms with Gasteiger partial charge in [-0.15, -0.1) is 6.42 Å². The molecule has 0 atom stereocenters. The van der Waals surface area contributed by atoms with Gasteiger partial charge in [-0.1, -0.05) is 24.1 Å². The van der Waals surface area contributed by atoms with Crippen molar-refractivity contribution in [3.8, 4) is 29.6 Å². The zero-order valence-electron chi connectivity index (χ0n) is 17.5. The predicted molar refractivity (Wildman–Crippen MR) is 117 cm³/mol. The summed E-state index contributed by atoms with van der Waals surface area (Å²) >= 11 is 0. The summed E-state index contributed by atoms with van der Waals surface area (Å²) in [7, 11) is 3.28. The smallest absolute Gasteiger partial charge is 0.191 e. The van der Waals surface area contributed by atoms with Crippen molar-refractivity contribution in [2.75, 3.05) is 27.4 Å². The van der Waals surface area contributed by atoms with Gasteiger partial charge in [-0.2, -0.15) is 0 Å². The number of nitrogens with one attached hydrogen (secondary N) is 2. The third kappa shape index (κ3) is 6.65. The molecule has 0 radical (unpaired) electrons. The monoisotopic (exact) mass is 395 g/mol. The molecule has 0 aliphatic rings. The van der Waals surface area contributed by atoms with Gasteiger partial charge in [0.1, 0.15) is 12.4 Å². The summed E-state index contributed by atoms with van der Waals surface area (Å²) in [5.41, 5.74) is 3.22. The van der Waals surface area contributed by atoms with E-state index in [-0.39, 0.29) is 6.61 Å². The van der Waals surface area contributed by atoms with Crippen molar-refractivity contribution in [1.29, 1.82) is 0 Å². The summed E-state index contributed by atoms with van der Waals surface area (Å²) in [6.45, 7) is 6.11. The number of rotatable bonds is 9. The first-order valence-corrected chi connectivity index (χ1v) is 9.50. The van der Waals surface area contributed by atoms with Crippen LogP contribution in [-0.4, -0.2) is 33.3 Å². The van der Waals surface area contributed by atoms with Crippen LogP contribution < -0.4 is 24.8 Å². The second-order valence-corrected chi connectivity index (χ2v) is 6.34. The van der Waals surface area contributed by atoms with Crippen LogP contribution in [0, 0.1) is 19.3 Å². The Bertz CT molecular complexity index is 872. The maximum absolute atomic E-state index is 5.56. The molecule has 0 fully saturated rings. The summed E-state index contributed by atoms with van der Waals surface area (Å²) in [6, 6.07) is 11.9. The fraction of sp³-hybridized carbons (Fsp3) is 0.348. The van der Waals surface area contributed by atoms with Gasteiger partial charge in [-0.3, -0.25) is 0 Å². The molecule has 6 heteroatoms. The van der Waals surface area contributed by atoms with Gasteiger partial charge in [0.25, 0.3) is 0 Å². The molecule has 0 saturated carbocycles. The SMILES string of the molecule is C#CCOc1cc(CN=C(NCC)NCc2ccc(C)cc2OC)ccc1OC. The van der Waals surface area contributed by atoms with Crippen LogP contribution in [0.2, 0.25) is 0 Å². The summed E-state index contributed by atoms with van der Waals surface area (Å²) in [4.78, 5) is 4.67. The molecule has 2 aromatic rings. The predicted octanol–water partition coefficient (Wildman–Crippen LogP) is 3.28. The van der Waals surface area contributed by atoms with E-state index in [2.05, 4.69) is 33.7 Å². The van der Waals surface area contributed by atoms with Gasteiger partial charge in [-0.05, 0) is 43.2 Å². The first-order valence-electron chi connectivity index (χ1n) is 9.50. The number of hydrogen-bond acceptors (Lipinski definition) is 4. The number of nitrogens with zero attached hydrogens (tertiary/aromatic N) is 1. The zero-order valence-corrected chi connectivity index (χ0v) is 17.5. The number of benzene rings is 2. The van der Waals surface area contributed by atoms with Crippen LogP contribution in [0.5, 0.6) is 17.2 Å². The Morgan fingerprint density at radius 1 is 1.03 bits per heavy atom.